The van der Waals surface area contributed by atoms with Crippen LogP contribution in [0.5, 0.6) is 0 Å². The Morgan fingerprint density at radius 1 is 1.62 bits per heavy atom. The first-order valence-corrected chi connectivity index (χ1v) is 4.31. The Morgan fingerprint density at radius 2 is 2.31 bits per heavy atom. The van der Waals surface area contributed by atoms with Gasteiger partial charge in [-0.05, 0) is 31.5 Å². The lowest BCUT2D eigenvalue weighted by Crippen LogP contribution is -2.04. The lowest BCUT2D eigenvalue weighted by atomic mass is 10.1. The maximum atomic E-state index is 11.2. The minimum absolute atomic E-state index is 0.357. The van der Waals surface area contributed by atoms with Gasteiger partial charge in [-0.3, -0.25) is 0 Å². The van der Waals surface area contributed by atoms with E-state index in [1.165, 1.54) is 0 Å². The van der Waals surface area contributed by atoms with Crippen LogP contribution in [0.1, 0.15) is 22.8 Å². The third-order valence-electron chi connectivity index (χ3n) is 1.56. The lowest BCUT2D eigenvalue weighted by molar-refractivity contribution is 0.0526. The molecule has 0 heterocycles. The van der Waals surface area contributed by atoms with Gasteiger partial charge in [-0.2, -0.15) is 0 Å². The highest BCUT2D eigenvalue weighted by Crippen LogP contribution is 2.17. The van der Waals surface area contributed by atoms with E-state index in [0.717, 1.165) is 0 Å². The van der Waals surface area contributed by atoms with Gasteiger partial charge in [-0.25, -0.2) is 4.79 Å². The largest absolute Gasteiger partial charge is 0.462 e. The van der Waals surface area contributed by atoms with Crippen molar-refractivity contribution in [1.29, 1.82) is 0 Å². The molecule has 0 fully saturated rings. The fourth-order valence-electron chi connectivity index (χ4n) is 0.889. The molecule has 69 valence electrons. The number of benzene rings is 1. The van der Waals surface area contributed by atoms with Gasteiger partial charge in [-0.1, -0.05) is 17.7 Å². The van der Waals surface area contributed by atoms with Crippen molar-refractivity contribution in [3.63, 3.8) is 0 Å². The summed E-state index contributed by atoms with van der Waals surface area (Å²) in [6, 6.07) is 4.89. The van der Waals surface area contributed by atoms with Crippen molar-refractivity contribution in [2.45, 2.75) is 6.92 Å². The third-order valence-corrected chi connectivity index (χ3v) is 1.92. The molecular weight excluding hydrogens is 188 g/mol. The molecule has 0 aliphatic heterocycles. The van der Waals surface area contributed by atoms with Crippen LogP contribution >= 0.6 is 11.6 Å². The quantitative estimate of drug-likeness (QED) is 0.682. The summed E-state index contributed by atoms with van der Waals surface area (Å²) in [5.74, 6) is -0.357. The third kappa shape index (κ3) is 2.46. The standard InChI is InChI=1S/C10H10ClO2/c1-3-13-10(12)8-5-4-7(2)9(11)6-8/h4-6H,2-3H2,1H3. The fourth-order valence-corrected chi connectivity index (χ4v) is 1.07. The van der Waals surface area contributed by atoms with Gasteiger partial charge in [0, 0.05) is 5.02 Å². The Balaban J connectivity index is 2.90. The summed E-state index contributed by atoms with van der Waals surface area (Å²) in [6.45, 7) is 5.81. The van der Waals surface area contributed by atoms with Crippen molar-refractivity contribution >= 4 is 17.6 Å². The van der Waals surface area contributed by atoms with Crippen molar-refractivity contribution in [2.75, 3.05) is 6.61 Å². The molecule has 0 aromatic heterocycles. The van der Waals surface area contributed by atoms with Crippen molar-refractivity contribution in [2.24, 2.45) is 0 Å². The van der Waals surface area contributed by atoms with Gasteiger partial charge in [-0.15, -0.1) is 0 Å². The van der Waals surface area contributed by atoms with E-state index in [2.05, 4.69) is 6.92 Å². The molecule has 1 aromatic rings. The zero-order valence-electron chi connectivity index (χ0n) is 7.34. The van der Waals surface area contributed by atoms with E-state index < -0.39 is 0 Å². The van der Waals surface area contributed by atoms with Crippen LogP contribution in [-0.2, 0) is 4.74 Å². The summed E-state index contributed by atoms with van der Waals surface area (Å²) in [5.41, 5.74) is 1.16. The van der Waals surface area contributed by atoms with Crippen molar-refractivity contribution in [1.82, 2.24) is 0 Å². The molecule has 1 aromatic carbocycles. The predicted octanol–water partition coefficient (Wildman–Crippen LogP) is 2.70. The predicted molar refractivity (Wildman–Crippen MR) is 51.9 cm³/mol. The lowest BCUT2D eigenvalue weighted by Gasteiger charge is -2.03. The van der Waals surface area contributed by atoms with E-state index in [4.69, 9.17) is 16.3 Å². The molecule has 13 heavy (non-hydrogen) atoms. The second-order valence-corrected chi connectivity index (χ2v) is 2.93. The first-order valence-electron chi connectivity index (χ1n) is 3.93. The summed E-state index contributed by atoms with van der Waals surface area (Å²) in [4.78, 5) is 11.2. The highest BCUT2D eigenvalue weighted by molar-refractivity contribution is 6.31. The Morgan fingerprint density at radius 3 is 2.85 bits per heavy atom. The SMILES string of the molecule is [CH2]c1ccc(C(=O)OCC)cc1Cl. The van der Waals surface area contributed by atoms with Crippen LogP contribution in [0, 0.1) is 6.92 Å². The summed E-state index contributed by atoms with van der Waals surface area (Å²) < 4.78 is 4.80. The number of halogens is 1. The summed E-state index contributed by atoms with van der Waals surface area (Å²) in [5, 5.41) is 0.477. The number of ether oxygens (including phenoxy) is 1. The number of hydrogen-bond donors (Lipinski definition) is 0. The zero-order chi connectivity index (χ0) is 9.84. The minimum Gasteiger partial charge on any atom is -0.462 e. The number of rotatable bonds is 2. The Labute approximate surface area is 82.5 Å². The first kappa shape index (κ1) is 10.1. The van der Waals surface area contributed by atoms with Crippen LogP contribution in [0.15, 0.2) is 18.2 Å². The number of carbonyl (C=O) groups excluding carboxylic acids is 1. The van der Waals surface area contributed by atoms with Crippen LogP contribution in [0.4, 0.5) is 0 Å². The molecule has 0 unspecified atom stereocenters. The molecule has 1 radical (unpaired) electrons. The van der Waals surface area contributed by atoms with E-state index in [9.17, 15) is 4.79 Å². The van der Waals surface area contributed by atoms with Gasteiger partial charge in [0.1, 0.15) is 0 Å². The van der Waals surface area contributed by atoms with E-state index in [0.29, 0.717) is 22.8 Å². The Kier molecular flexibility index (Phi) is 3.32. The van der Waals surface area contributed by atoms with Crippen LogP contribution in [0.25, 0.3) is 0 Å². The smallest absolute Gasteiger partial charge is 0.338 e. The maximum Gasteiger partial charge on any atom is 0.338 e. The van der Waals surface area contributed by atoms with E-state index in [1.807, 2.05) is 0 Å². The Bertz CT molecular complexity index is 321. The maximum absolute atomic E-state index is 11.2. The molecule has 0 saturated carbocycles. The second-order valence-electron chi connectivity index (χ2n) is 2.53. The van der Waals surface area contributed by atoms with Gasteiger partial charge in [0.05, 0.1) is 12.2 Å². The monoisotopic (exact) mass is 197 g/mol. The zero-order valence-corrected chi connectivity index (χ0v) is 8.10. The molecule has 0 aliphatic carbocycles. The molecule has 1 rings (SSSR count). The molecule has 3 heteroatoms. The first-order chi connectivity index (χ1) is 6.15. The number of esters is 1. The second kappa shape index (κ2) is 4.28. The normalized spacial score (nSPS) is 9.77. The average Bonchev–Trinajstić information content (AvgIpc) is 2.10. The van der Waals surface area contributed by atoms with Crippen molar-refractivity contribution in [3.05, 3.63) is 41.3 Å². The molecular formula is C10H10ClO2. The van der Waals surface area contributed by atoms with Crippen LogP contribution in [-0.4, -0.2) is 12.6 Å². The van der Waals surface area contributed by atoms with Crippen molar-refractivity contribution in [3.8, 4) is 0 Å². The summed E-state index contributed by atoms with van der Waals surface area (Å²) in [6.07, 6.45) is 0. The summed E-state index contributed by atoms with van der Waals surface area (Å²) in [7, 11) is 0. The molecule has 0 bridgehead atoms. The molecule has 0 N–H and O–H groups in total. The molecule has 0 aliphatic rings. The van der Waals surface area contributed by atoms with Gasteiger partial charge in [0.2, 0.25) is 0 Å². The van der Waals surface area contributed by atoms with Crippen LogP contribution in [0.3, 0.4) is 0 Å². The van der Waals surface area contributed by atoms with E-state index in [-0.39, 0.29) is 5.97 Å². The topological polar surface area (TPSA) is 26.3 Å². The molecule has 0 amide bonds. The van der Waals surface area contributed by atoms with Crippen LogP contribution in [0.2, 0.25) is 5.02 Å². The number of carbonyl (C=O) groups is 1. The molecule has 0 atom stereocenters. The molecule has 0 spiro atoms. The van der Waals surface area contributed by atoms with E-state index in [1.54, 1.807) is 25.1 Å². The summed E-state index contributed by atoms with van der Waals surface area (Å²) >= 11 is 5.79. The van der Waals surface area contributed by atoms with E-state index >= 15 is 0 Å². The highest BCUT2D eigenvalue weighted by Gasteiger charge is 2.07. The fraction of sp³-hybridized carbons (Fsp3) is 0.200. The minimum atomic E-state index is -0.357. The van der Waals surface area contributed by atoms with Gasteiger partial charge in [0.25, 0.3) is 0 Å². The Hall–Kier alpha value is -1.02. The highest BCUT2D eigenvalue weighted by atomic mass is 35.5. The van der Waals surface area contributed by atoms with Crippen molar-refractivity contribution < 1.29 is 9.53 Å². The molecule has 0 saturated heterocycles. The molecule has 2 nitrogen and oxygen atoms in total. The average molecular weight is 198 g/mol. The van der Waals surface area contributed by atoms with Gasteiger partial charge >= 0.3 is 5.97 Å². The van der Waals surface area contributed by atoms with Gasteiger partial charge in [0.15, 0.2) is 0 Å². The van der Waals surface area contributed by atoms with Crippen LogP contribution < -0.4 is 0 Å². The number of hydrogen-bond acceptors (Lipinski definition) is 2. The van der Waals surface area contributed by atoms with Gasteiger partial charge < -0.3 is 4.74 Å².